The number of ether oxygens (including phenoxy) is 1. The largest absolute Gasteiger partial charge is 0.380 e. The van der Waals surface area contributed by atoms with Crippen LogP contribution in [-0.4, -0.2) is 42.5 Å². The van der Waals surface area contributed by atoms with E-state index < -0.39 is 0 Å². The molecule has 0 radical (unpaired) electrons. The number of hydrogen-bond acceptors (Lipinski definition) is 3. The number of hydrogen-bond donors (Lipinski definition) is 0. The summed E-state index contributed by atoms with van der Waals surface area (Å²) in [5, 5.41) is 0. The second kappa shape index (κ2) is 5.08. The summed E-state index contributed by atoms with van der Waals surface area (Å²) in [6.45, 7) is 4.63. The van der Waals surface area contributed by atoms with Crippen LogP contribution in [0.5, 0.6) is 0 Å². The minimum atomic E-state index is 0.325. The molecule has 2 atom stereocenters. The molecule has 2 heterocycles. The van der Waals surface area contributed by atoms with E-state index in [0.717, 1.165) is 32.6 Å². The third-order valence-electron chi connectivity index (χ3n) is 3.57. The Morgan fingerprint density at radius 3 is 2.93 bits per heavy atom. The lowest BCUT2D eigenvalue weighted by Crippen LogP contribution is -2.47. The van der Waals surface area contributed by atoms with Crippen molar-refractivity contribution in [2.24, 2.45) is 0 Å². The van der Waals surface area contributed by atoms with Crippen molar-refractivity contribution in [1.29, 1.82) is 0 Å². The quantitative estimate of drug-likeness (QED) is 0.710. The van der Waals surface area contributed by atoms with Crippen molar-refractivity contribution in [2.75, 3.05) is 19.8 Å². The van der Waals surface area contributed by atoms with Gasteiger partial charge < -0.3 is 4.74 Å². The highest BCUT2D eigenvalue weighted by Crippen LogP contribution is 2.25. The van der Waals surface area contributed by atoms with Gasteiger partial charge in [0.1, 0.15) is 5.78 Å². The highest BCUT2D eigenvalue weighted by molar-refractivity contribution is 5.76. The van der Waals surface area contributed by atoms with Gasteiger partial charge in [-0.3, -0.25) is 9.69 Å². The SMILES string of the molecule is CC(=O)CC1CCCCN1C1CCOC1. The van der Waals surface area contributed by atoms with Crippen LogP contribution in [-0.2, 0) is 9.53 Å². The standard InChI is InChI=1S/C12H21NO2/c1-10(14)8-11-4-2-3-6-13(11)12-5-7-15-9-12/h11-12H,2-9H2,1H3. The minimum absolute atomic E-state index is 0.325. The van der Waals surface area contributed by atoms with Crippen LogP contribution in [0.2, 0.25) is 0 Å². The summed E-state index contributed by atoms with van der Waals surface area (Å²) in [5.74, 6) is 0.325. The smallest absolute Gasteiger partial charge is 0.131 e. The molecule has 0 aromatic rings. The van der Waals surface area contributed by atoms with E-state index in [2.05, 4.69) is 4.90 Å². The van der Waals surface area contributed by atoms with E-state index in [9.17, 15) is 4.79 Å². The maximum Gasteiger partial charge on any atom is 0.131 e. The zero-order valence-electron chi connectivity index (χ0n) is 9.58. The summed E-state index contributed by atoms with van der Waals surface area (Å²) < 4.78 is 5.44. The molecule has 2 rings (SSSR count). The van der Waals surface area contributed by atoms with Gasteiger partial charge >= 0.3 is 0 Å². The van der Waals surface area contributed by atoms with Crippen LogP contribution < -0.4 is 0 Å². The molecule has 3 heteroatoms. The molecule has 0 bridgehead atoms. The first-order valence-corrected chi connectivity index (χ1v) is 6.10. The van der Waals surface area contributed by atoms with Gasteiger partial charge in [0.15, 0.2) is 0 Å². The molecule has 0 saturated carbocycles. The van der Waals surface area contributed by atoms with E-state index in [0.29, 0.717) is 17.9 Å². The molecular weight excluding hydrogens is 190 g/mol. The van der Waals surface area contributed by atoms with Crippen LogP contribution in [0.1, 0.15) is 39.0 Å². The maximum absolute atomic E-state index is 11.2. The fourth-order valence-corrected chi connectivity index (χ4v) is 2.84. The van der Waals surface area contributed by atoms with Gasteiger partial charge in [-0.25, -0.2) is 0 Å². The van der Waals surface area contributed by atoms with E-state index in [4.69, 9.17) is 4.74 Å². The number of Topliss-reactive ketones (excluding diaryl/α,β-unsaturated/α-hetero) is 1. The van der Waals surface area contributed by atoms with Crippen molar-refractivity contribution in [3.05, 3.63) is 0 Å². The van der Waals surface area contributed by atoms with Gasteiger partial charge in [0.2, 0.25) is 0 Å². The Morgan fingerprint density at radius 2 is 2.27 bits per heavy atom. The molecule has 0 aliphatic carbocycles. The maximum atomic E-state index is 11.2. The molecule has 0 amide bonds. The van der Waals surface area contributed by atoms with E-state index in [-0.39, 0.29) is 0 Å². The van der Waals surface area contributed by atoms with Crippen LogP contribution >= 0.6 is 0 Å². The molecule has 2 fully saturated rings. The minimum Gasteiger partial charge on any atom is -0.380 e. The fourth-order valence-electron chi connectivity index (χ4n) is 2.84. The molecule has 86 valence electrons. The van der Waals surface area contributed by atoms with Crippen molar-refractivity contribution in [3.8, 4) is 0 Å². The number of likely N-dealkylation sites (tertiary alicyclic amines) is 1. The Kier molecular flexibility index (Phi) is 3.76. The normalized spacial score (nSPS) is 33.1. The number of rotatable bonds is 3. The molecule has 2 saturated heterocycles. The second-order valence-corrected chi connectivity index (χ2v) is 4.81. The lowest BCUT2D eigenvalue weighted by molar-refractivity contribution is -0.118. The molecule has 15 heavy (non-hydrogen) atoms. The van der Waals surface area contributed by atoms with E-state index >= 15 is 0 Å². The number of carbonyl (C=O) groups is 1. The topological polar surface area (TPSA) is 29.5 Å². The van der Waals surface area contributed by atoms with E-state index in [1.54, 1.807) is 6.92 Å². The predicted octanol–water partition coefficient (Wildman–Crippen LogP) is 1.61. The number of ketones is 1. The summed E-state index contributed by atoms with van der Waals surface area (Å²) in [4.78, 5) is 13.7. The van der Waals surface area contributed by atoms with Gasteiger partial charge in [-0.15, -0.1) is 0 Å². The number of nitrogens with zero attached hydrogens (tertiary/aromatic N) is 1. The van der Waals surface area contributed by atoms with E-state index in [1.165, 1.54) is 19.3 Å². The predicted molar refractivity (Wildman–Crippen MR) is 58.9 cm³/mol. The van der Waals surface area contributed by atoms with Crippen molar-refractivity contribution in [1.82, 2.24) is 4.90 Å². The Labute approximate surface area is 91.8 Å². The molecule has 2 unspecified atom stereocenters. The van der Waals surface area contributed by atoms with Gasteiger partial charge in [-0.1, -0.05) is 6.42 Å². The lowest BCUT2D eigenvalue weighted by atomic mass is 9.95. The first kappa shape index (κ1) is 11.1. The Morgan fingerprint density at radius 1 is 1.40 bits per heavy atom. The van der Waals surface area contributed by atoms with Gasteiger partial charge in [-0.05, 0) is 32.7 Å². The van der Waals surface area contributed by atoms with Gasteiger partial charge in [0, 0.05) is 25.1 Å². The molecule has 0 N–H and O–H groups in total. The fraction of sp³-hybridized carbons (Fsp3) is 0.917. The zero-order chi connectivity index (χ0) is 10.7. The molecule has 2 aliphatic heterocycles. The Balaban J connectivity index is 1.95. The van der Waals surface area contributed by atoms with Crippen molar-refractivity contribution < 1.29 is 9.53 Å². The summed E-state index contributed by atoms with van der Waals surface area (Å²) in [5.41, 5.74) is 0. The van der Waals surface area contributed by atoms with Gasteiger partial charge in [-0.2, -0.15) is 0 Å². The van der Waals surface area contributed by atoms with Crippen LogP contribution in [0, 0.1) is 0 Å². The Bertz CT molecular complexity index is 224. The van der Waals surface area contributed by atoms with Crippen molar-refractivity contribution >= 4 is 5.78 Å². The number of piperidine rings is 1. The lowest BCUT2D eigenvalue weighted by Gasteiger charge is -2.39. The van der Waals surface area contributed by atoms with Crippen LogP contribution in [0.25, 0.3) is 0 Å². The second-order valence-electron chi connectivity index (χ2n) is 4.81. The molecule has 0 aromatic heterocycles. The molecule has 2 aliphatic rings. The highest BCUT2D eigenvalue weighted by atomic mass is 16.5. The van der Waals surface area contributed by atoms with Crippen LogP contribution in [0.15, 0.2) is 0 Å². The monoisotopic (exact) mass is 211 g/mol. The van der Waals surface area contributed by atoms with Gasteiger partial charge in [0.25, 0.3) is 0 Å². The third-order valence-corrected chi connectivity index (χ3v) is 3.57. The molecule has 0 aromatic carbocycles. The molecule has 0 spiro atoms. The average Bonchev–Trinajstić information content (AvgIpc) is 2.70. The Hall–Kier alpha value is -0.410. The van der Waals surface area contributed by atoms with Crippen molar-refractivity contribution in [3.63, 3.8) is 0 Å². The van der Waals surface area contributed by atoms with E-state index in [1.807, 2.05) is 0 Å². The van der Waals surface area contributed by atoms with Crippen LogP contribution in [0.3, 0.4) is 0 Å². The third kappa shape index (κ3) is 2.79. The summed E-state index contributed by atoms with van der Waals surface area (Å²) in [6.07, 6.45) is 5.63. The summed E-state index contributed by atoms with van der Waals surface area (Å²) in [6, 6.07) is 1.07. The van der Waals surface area contributed by atoms with Crippen LogP contribution in [0.4, 0.5) is 0 Å². The summed E-state index contributed by atoms with van der Waals surface area (Å²) >= 11 is 0. The van der Waals surface area contributed by atoms with Gasteiger partial charge in [0.05, 0.1) is 6.61 Å². The first-order chi connectivity index (χ1) is 7.27. The first-order valence-electron chi connectivity index (χ1n) is 6.10. The highest BCUT2D eigenvalue weighted by Gasteiger charge is 2.31. The average molecular weight is 211 g/mol. The molecule has 3 nitrogen and oxygen atoms in total. The number of carbonyl (C=O) groups excluding carboxylic acids is 1. The summed E-state index contributed by atoms with van der Waals surface area (Å²) in [7, 11) is 0. The van der Waals surface area contributed by atoms with Crippen molar-refractivity contribution in [2.45, 2.75) is 51.1 Å². The zero-order valence-corrected chi connectivity index (χ0v) is 9.58. The molecular formula is C12H21NO2.